The van der Waals surface area contributed by atoms with Crippen molar-refractivity contribution in [2.24, 2.45) is 0 Å². The van der Waals surface area contributed by atoms with Crippen LogP contribution in [0.2, 0.25) is 0 Å². The highest BCUT2D eigenvalue weighted by Crippen LogP contribution is 2.10. The summed E-state index contributed by atoms with van der Waals surface area (Å²) < 4.78 is 0. The van der Waals surface area contributed by atoms with Crippen molar-refractivity contribution in [1.82, 2.24) is 0 Å². The standard InChI is InChI=1S/C16H30S/c1-3-4-5-6-7-8-9-10-11-12-13-14-15-16-17-2/h3-13,16H2,1-2H3. The van der Waals surface area contributed by atoms with E-state index < -0.39 is 0 Å². The van der Waals surface area contributed by atoms with Crippen molar-refractivity contribution in [3.05, 3.63) is 0 Å². The van der Waals surface area contributed by atoms with Crippen molar-refractivity contribution in [1.29, 1.82) is 0 Å². The lowest BCUT2D eigenvalue weighted by atomic mass is 10.1. The zero-order valence-corrected chi connectivity index (χ0v) is 12.7. The molecule has 0 aliphatic rings. The molecule has 0 aliphatic carbocycles. The van der Waals surface area contributed by atoms with Gasteiger partial charge in [0.2, 0.25) is 0 Å². The molecule has 0 fully saturated rings. The summed E-state index contributed by atoms with van der Waals surface area (Å²) in [4.78, 5) is 0. The van der Waals surface area contributed by atoms with Gasteiger partial charge >= 0.3 is 0 Å². The van der Waals surface area contributed by atoms with Crippen LogP contribution in [-0.2, 0) is 0 Å². The van der Waals surface area contributed by atoms with Gasteiger partial charge in [-0.1, -0.05) is 70.6 Å². The Bertz CT molecular complexity index is 187. The Morgan fingerprint density at radius 2 is 1.24 bits per heavy atom. The second kappa shape index (κ2) is 15.9. The van der Waals surface area contributed by atoms with E-state index in [1.807, 2.05) is 11.8 Å². The SMILES string of the molecule is CCCCCCCCCCCCC#CCSC. The summed E-state index contributed by atoms with van der Waals surface area (Å²) in [6.45, 7) is 2.28. The van der Waals surface area contributed by atoms with Crippen molar-refractivity contribution >= 4 is 11.8 Å². The molecule has 0 aromatic heterocycles. The third kappa shape index (κ3) is 15.9. The second-order valence-electron chi connectivity index (χ2n) is 4.72. The fraction of sp³-hybridized carbons (Fsp3) is 0.875. The molecule has 0 heterocycles. The molecular weight excluding hydrogens is 224 g/mol. The third-order valence-corrected chi connectivity index (χ3v) is 3.43. The first-order valence-electron chi connectivity index (χ1n) is 7.36. The van der Waals surface area contributed by atoms with Crippen LogP contribution in [0, 0.1) is 11.8 Å². The van der Waals surface area contributed by atoms with Crippen LogP contribution in [-0.4, -0.2) is 12.0 Å². The van der Waals surface area contributed by atoms with Crippen LogP contribution < -0.4 is 0 Å². The average Bonchev–Trinajstić information content (AvgIpc) is 2.35. The highest BCUT2D eigenvalue weighted by Gasteiger charge is 1.91. The van der Waals surface area contributed by atoms with Gasteiger partial charge in [-0.2, -0.15) is 11.8 Å². The molecule has 0 nitrogen and oxygen atoms in total. The largest absolute Gasteiger partial charge is 0.152 e. The summed E-state index contributed by atoms with van der Waals surface area (Å²) in [6, 6.07) is 0. The second-order valence-corrected chi connectivity index (χ2v) is 5.58. The molecule has 0 aromatic carbocycles. The van der Waals surface area contributed by atoms with Crippen molar-refractivity contribution in [3.8, 4) is 11.8 Å². The molecule has 0 saturated carbocycles. The van der Waals surface area contributed by atoms with E-state index >= 15 is 0 Å². The molecule has 0 N–H and O–H groups in total. The highest BCUT2D eigenvalue weighted by molar-refractivity contribution is 7.98. The molecule has 0 radical (unpaired) electrons. The molecule has 0 aromatic rings. The van der Waals surface area contributed by atoms with E-state index in [4.69, 9.17) is 0 Å². The Balaban J connectivity index is 2.97. The van der Waals surface area contributed by atoms with Gasteiger partial charge in [0.15, 0.2) is 0 Å². The van der Waals surface area contributed by atoms with Gasteiger partial charge in [-0.15, -0.1) is 5.92 Å². The van der Waals surface area contributed by atoms with Gasteiger partial charge in [0.05, 0.1) is 5.75 Å². The summed E-state index contributed by atoms with van der Waals surface area (Å²) in [7, 11) is 0. The van der Waals surface area contributed by atoms with Gasteiger partial charge in [0.25, 0.3) is 0 Å². The van der Waals surface area contributed by atoms with E-state index in [2.05, 4.69) is 25.0 Å². The maximum absolute atomic E-state index is 3.24. The monoisotopic (exact) mass is 254 g/mol. The van der Waals surface area contributed by atoms with Crippen LogP contribution in [0.5, 0.6) is 0 Å². The zero-order valence-electron chi connectivity index (χ0n) is 11.9. The lowest BCUT2D eigenvalue weighted by Crippen LogP contribution is -1.81. The molecule has 0 aliphatic heterocycles. The first-order chi connectivity index (χ1) is 8.41. The Kier molecular flexibility index (Phi) is 15.8. The topological polar surface area (TPSA) is 0 Å². The average molecular weight is 254 g/mol. The Labute approximate surface area is 113 Å². The molecule has 0 amide bonds. The van der Waals surface area contributed by atoms with E-state index in [0.717, 1.165) is 12.2 Å². The fourth-order valence-electron chi connectivity index (χ4n) is 1.91. The van der Waals surface area contributed by atoms with Crippen molar-refractivity contribution in [2.75, 3.05) is 12.0 Å². The Hall–Kier alpha value is -0.0900. The minimum Gasteiger partial charge on any atom is -0.152 e. The van der Waals surface area contributed by atoms with Crippen molar-refractivity contribution in [2.45, 2.75) is 77.6 Å². The smallest absolute Gasteiger partial charge is 0.0544 e. The molecule has 0 spiro atoms. The number of rotatable bonds is 11. The van der Waals surface area contributed by atoms with Gasteiger partial charge in [0.1, 0.15) is 0 Å². The van der Waals surface area contributed by atoms with E-state index in [9.17, 15) is 0 Å². The summed E-state index contributed by atoms with van der Waals surface area (Å²) in [5.74, 6) is 7.42. The number of thioether (sulfide) groups is 1. The van der Waals surface area contributed by atoms with Crippen LogP contribution >= 0.6 is 11.8 Å². The van der Waals surface area contributed by atoms with Gasteiger partial charge in [-0.3, -0.25) is 0 Å². The molecule has 0 unspecified atom stereocenters. The summed E-state index contributed by atoms with van der Waals surface area (Å²) in [5.41, 5.74) is 0. The summed E-state index contributed by atoms with van der Waals surface area (Å²) in [6.07, 6.45) is 17.3. The maximum Gasteiger partial charge on any atom is 0.0544 e. The predicted molar refractivity (Wildman–Crippen MR) is 82.6 cm³/mol. The van der Waals surface area contributed by atoms with E-state index in [0.29, 0.717) is 0 Å². The van der Waals surface area contributed by atoms with Crippen LogP contribution in [0.4, 0.5) is 0 Å². The van der Waals surface area contributed by atoms with Crippen LogP contribution in [0.3, 0.4) is 0 Å². The van der Waals surface area contributed by atoms with Crippen LogP contribution in [0.15, 0.2) is 0 Å². The van der Waals surface area contributed by atoms with Crippen LogP contribution in [0.25, 0.3) is 0 Å². The van der Waals surface area contributed by atoms with Crippen molar-refractivity contribution < 1.29 is 0 Å². The summed E-state index contributed by atoms with van der Waals surface area (Å²) >= 11 is 1.81. The lowest BCUT2D eigenvalue weighted by molar-refractivity contribution is 0.558. The minimum atomic E-state index is 0.998. The number of unbranched alkanes of at least 4 members (excludes halogenated alkanes) is 10. The molecule has 0 bridgehead atoms. The first-order valence-corrected chi connectivity index (χ1v) is 8.75. The van der Waals surface area contributed by atoms with E-state index in [1.54, 1.807) is 0 Å². The zero-order chi connectivity index (χ0) is 12.6. The van der Waals surface area contributed by atoms with Gasteiger partial charge < -0.3 is 0 Å². The van der Waals surface area contributed by atoms with E-state index in [1.165, 1.54) is 64.2 Å². The van der Waals surface area contributed by atoms with E-state index in [-0.39, 0.29) is 0 Å². The predicted octanol–water partition coefficient (Wildman–Crippen LogP) is 5.66. The van der Waals surface area contributed by atoms with Crippen molar-refractivity contribution in [3.63, 3.8) is 0 Å². The lowest BCUT2D eigenvalue weighted by Gasteiger charge is -2.00. The number of hydrogen-bond donors (Lipinski definition) is 0. The van der Waals surface area contributed by atoms with Crippen LogP contribution in [0.1, 0.15) is 77.6 Å². The molecule has 0 saturated heterocycles. The molecule has 0 rings (SSSR count). The highest BCUT2D eigenvalue weighted by atomic mass is 32.2. The molecule has 0 atom stereocenters. The Morgan fingerprint density at radius 1 is 0.706 bits per heavy atom. The molecule has 1 heteroatoms. The first kappa shape index (κ1) is 16.9. The summed E-state index contributed by atoms with van der Waals surface area (Å²) in [5, 5.41) is 0. The molecule has 17 heavy (non-hydrogen) atoms. The van der Waals surface area contributed by atoms with Gasteiger partial charge in [-0.05, 0) is 12.7 Å². The maximum atomic E-state index is 3.24. The number of hydrogen-bond acceptors (Lipinski definition) is 1. The Morgan fingerprint density at radius 3 is 1.76 bits per heavy atom. The van der Waals surface area contributed by atoms with Gasteiger partial charge in [-0.25, -0.2) is 0 Å². The molecular formula is C16H30S. The third-order valence-electron chi connectivity index (χ3n) is 3.00. The minimum absolute atomic E-state index is 0.998. The normalized spacial score (nSPS) is 10.0. The fourth-order valence-corrected chi connectivity index (χ4v) is 2.16. The van der Waals surface area contributed by atoms with Gasteiger partial charge in [0, 0.05) is 6.42 Å². The quantitative estimate of drug-likeness (QED) is 0.338. The molecule has 100 valence electrons.